The second kappa shape index (κ2) is 41.8. The molecule has 31 heteroatoms. The minimum atomic E-state index is -0.356. The number of nitriles is 1. The summed E-state index contributed by atoms with van der Waals surface area (Å²) in [4.78, 5) is 79.7. The van der Waals surface area contributed by atoms with Crippen molar-refractivity contribution >= 4 is 90.2 Å². The maximum atomic E-state index is 12.3. The monoisotopic (exact) mass is 1700 g/mol. The number of aromatic nitrogens is 13. The molecule has 8 aliphatic rings. The molecule has 1 amide bonds. The fraction of sp³-hybridized carbons (Fsp3) is 0.500. The van der Waals surface area contributed by atoms with Crippen LogP contribution >= 0.6 is 0 Å². The number of hydrogen-bond acceptors (Lipinski definition) is 30. The highest BCUT2D eigenvalue weighted by Crippen LogP contribution is 2.40. The molecule has 4 aromatic carbocycles. The molecule has 11 heterocycles. The van der Waals surface area contributed by atoms with Gasteiger partial charge in [0.15, 0.2) is 0 Å². The molecule has 8 fully saturated rings. The van der Waals surface area contributed by atoms with Gasteiger partial charge in [-0.05, 0) is 166 Å². The zero-order valence-corrected chi connectivity index (χ0v) is 72.7. The van der Waals surface area contributed by atoms with Gasteiger partial charge >= 0.3 is 0 Å². The van der Waals surface area contributed by atoms with Gasteiger partial charge in [0, 0.05) is 203 Å². The summed E-state index contributed by atoms with van der Waals surface area (Å²) >= 11 is 0. The van der Waals surface area contributed by atoms with E-state index in [1.54, 1.807) is 74.1 Å². The first-order valence-electron chi connectivity index (χ1n) is 44.6. The average Bonchev–Trinajstić information content (AvgIpc) is 0.805. The number of nitrogens with one attached hydrogen (secondary N) is 4. The minimum absolute atomic E-state index is 0.117. The van der Waals surface area contributed by atoms with Crippen molar-refractivity contribution in [2.45, 2.75) is 193 Å². The van der Waals surface area contributed by atoms with Gasteiger partial charge in [-0.15, -0.1) is 0 Å². The Balaban J connectivity index is 0.000000123. The highest BCUT2D eigenvalue weighted by molar-refractivity contribution is 5.88. The number of ether oxygens (including phenoxy) is 8. The zero-order valence-electron chi connectivity index (χ0n) is 72.7. The highest BCUT2D eigenvalue weighted by Gasteiger charge is 2.32. The van der Waals surface area contributed by atoms with Crippen molar-refractivity contribution in [2.75, 3.05) is 141 Å². The van der Waals surface area contributed by atoms with Crippen molar-refractivity contribution in [3.8, 4) is 29.1 Å². The topological polar surface area (TPSA) is 343 Å². The molecule has 0 bridgehead atoms. The fourth-order valence-electron chi connectivity index (χ4n) is 17.4. The summed E-state index contributed by atoms with van der Waals surface area (Å²) in [7, 11) is 0. The van der Waals surface area contributed by atoms with Gasteiger partial charge in [0.1, 0.15) is 74.2 Å². The first-order valence-corrected chi connectivity index (χ1v) is 44.6. The summed E-state index contributed by atoms with van der Waals surface area (Å²) in [6, 6.07) is 27.8. The summed E-state index contributed by atoms with van der Waals surface area (Å²) < 4.78 is 48.0. The van der Waals surface area contributed by atoms with Crippen LogP contribution in [0.1, 0.15) is 146 Å². The molecule has 0 spiro atoms. The Labute approximate surface area is 730 Å². The van der Waals surface area contributed by atoms with E-state index in [4.69, 9.17) is 43.2 Å². The van der Waals surface area contributed by atoms with E-state index in [1.165, 1.54) is 0 Å². The smallest absolute Gasteiger partial charge is 0.225 e. The number of amides is 1. The lowest BCUT2D eigenvalue weighted by Gasteiger charge is -2.32. The summed E-state index contributed by atoms with van der Waals surface area (Å²) in [5, 5.41) is 22.9. The standard InChI is InChI=1S/C24H30N6O2.C24H26N6O2.C23H28N6O2.C23H32N4O3/c1-16-13-23(28-17(2)27-16)29-18-3-5-20(6-4-18)32-22-15-19(30-9-11-31-12-10-30)14-21-24(22)26-8-7-25-21;25-16-17-5-6-27-23(13-17)29-18-1-3-20(4-2-18)32-22-15-19(30-9-11-31-12-10-30)14-21-24(22)28-8-7-26-21;1-16-24-7-6-22(27-16)28-17-2-4-19(5-3-17)31-21-15-18(29-10-12-30-13-11-29)14-20-23(21)26-9-8-25-20;1-23(2,3)22(28)26-16-4-6-18(7-5-16)30-20-15-17(27-10-12-29-13-11-27)14-19-21(20)25-9-8-24-19/h7-8,13-15,18,20H,3-6,9-12H2,1-2H3,(H,27,28,29);5-8,13-15,18,20H,1-4,9-12H2,(H,27,29);6-9,14-15,17,19H,2-5,10-13H2,1H3,(H,24,27,28);8-9,14-16,18H,4-7,10-13H2,1-3H3,(H,26,28). The number of anilines is 7. The van der Waals surface area contributed by atoms with E-state index < -0.39 is 0 Å². The van der Waals surface area contributed by atoms with Crippen LogP contribution in [-0.4, -0.2) is 224 Å². The van der Waals surface area contributed by atoms with Crippen molar-refractivity contribution < 1.29 is 42.7 Å². The Kier molecular flexibility index (Phi) is 29.0. The summed E-state index contributed by atoms with van der Waals surface area (Å²) in [6.45, 7) is 24.6. The van der Waals surface area contributed by atoms with E-state index >= 15 is 0 Å². The molecule has 0 atom stereocenters. The third kappa shape index (κ3) is 23.6. The Hall–Kier alpha value is -11.9. The molecule has 11 aromatic rings. The van der Waals surface area contributed by atoms with Gasteiger partial charge in [-0.25, -0.2) is 44.9 Å². The number of fused-ring (bicyclic) bond motifs is 4. The largest absolute Gasteiger partial charge is 0.488 e. The van der Waals surface area contributed by atoms with Gasteiger partial charge in [0.2, 0.25) is 5.91 Å². The van der Waals surface area contributed by atoms with Gasteiger partial charge in [-0.2, -0.15) is 5.26 Å². The molecule has 0 unspecified atom stereocenters. The first kappa shape index (κ1) is 86.7. The van der Waals surface area contributed by atoms with Crippen LogP contribution < -0.4 is 59.8 Å². The van der Waals surface area contributed by atoms with Crippen LogP contribution in [0.25, 0.3) is 44.1 Å². The molecule has 4 saturated heterocycles. The first-order chi connectivity index (χ1) is 61.1. The molecule has 4 saturated carbocycles. The third-order valence-electron chi connectivity index (χ3n) is 24.2. The van der Waals surface area contributed by atoms with Crippen molar-refractivity contribution in [1.29, 1.82) is 5.26 Å². The maximum Gasteiger partial charge on any atom is 0.225 e. The van der Waals surface area contributed by atoms with Crippen LogP contribution in [0, 0.1) is 37.5 Å². The fourth-order valence-corrected chi connectivity index (χ4v) is 17.4. The van der Waals surface area contributed by atoms with E-state index in [0.29, 0.717) is 23.7 Å². The molecule has 125 heavy (non-hydrogen) atoms. The molecule has 19 rings (SSSR count). The van der Waals surface area contributed by atoms with E-state index in [9.17, 15) is 4.79 Å². The summed E-state index contributed by atoms with van der Waals surface area (Å²) in [5.41, 5.74) is 12.4. The minimum Gasteiger partial charge on any atom is -0.488 e. The second-order valence-electron chi connectivity index (χ2n) is 34.4. The van der Waals surface area contributed by atoms with Crippen LogP contribution in [0.15, 0.2) is 135 Å². The quantitative estimate of drug-likeness (QED) is 0.0584. The number of morpholine rings is 4. The van der Waals surface area contributed by atoms with Crippen LogP contribution in [0.3, 0.4) is 0 Å². The molecular weight excluding hydrogens is 1580 g/mol. The van der Waals surface area contributed by atoms with Crippen molar-refractivity contribution in [2.24, 2.45) is 5.41 Å². The SMILES string of the molecule is CC(C)(C)C(=O)NC1CCC(Oc2cc(N3CCOCC3)cc3nccnc23)CC1.Cc1cc(NC2CCC(Oc3cc(N4CCOCC4)cc4nccnc34)CC2)nc(C)n1.Cc1nccc(NC2CCC(Oc3cc(N4CCOCC4)cc4nccnc34)CC2)n1.N#Cc1ccnc(NC2CCC(Oc3cc(N4CCOCC4)cc4nccnc34)CC2)c1. The van der Waals surface area contributed by atoms with Crippen LogP contribution in [0.4, 0.5) is 40.2 Å². The number of carbonyl (C=O) groups is 1. The van der Waals surface area contributed by atoms with Gasteiger partial charge in [-0.1, -0.05) is 20.8 Å². The molecule has 0 radical (unpaired) electrons. The number of aryl methyl sites for hydroxylation is 3. The van der Waals surface area contributed by atoms with Crippen molar-refractivity contribution in [3.63, 3.8) is 0 Å². The van der Waals surface area contributed by atoms with Crippen molar-refractivity contribution in [3.05, 3.63) is 158 Å². The lowest BCUT2D eigenvalue weighted by Crippen LogP contribution is -2.44. The number of carbonyl (C=O) groups excluding carboxylic acids is 1. The summed E-state index contributed by atoms with van der Waals surface area (Å²) in [5.74, 6) is 7.54. The molecule has 4 N–H and O–H groups in total. The van der Waals surface area contributed by atoms with E-state index in [1.807, 2.05) is 53.7 Å². The normalized spacial score (nSPS) is 21.8. The van der Waals surface area contributed by atoms with Crippen LogP contribution in [0.2, 0.25) is 0 Å². The van der Waals surface area contributed by atoms with E-state index in [2.05, 4.69) is 160 Å². The lowest BCUT2D eigenvalue weighted by atomic mass is 9.90. The summed E-state index contributed by atoms with van der Waals surface area (Å²) in [6.07, 6.45) is 33.6. The van der Waals surface area contributed by atoms with Crippen molar-refractivity contribution in [1.82, 2.24) is 70.1 Å². The van der Waals surface area contributed by atoms with Crippen LogP contribution in [0.5, 0.6) is 23.0 Å². The maximum absolute atomic E-state index is 12.3. The highest BCUT2D eigenvalue weighted by atomic mass is 16.5. The molecule has 4 aliphatic heterocycles. The zero-order chi connectivity index (χ0) is 85.9. The molecule has 656 valence electrons. The Morgan fingerprint density at radius 1 is 0.360 bits per heavy atom. The average molecular weight is 1700 g/mol. The number of benzene rings is 4. The number of nitrogens with zero attached hydrogens (tertiary/aromatic N) is 18. The Morgan fingerprint density at radius 3 is 1.02 bits per heavy atom. The molecule has 7 aromatic heterocycles. The van der Waals surface area contributed by atoms with Gasteiger partial charge in [-0.3, -0.25) is 24.7 Å². The molecule has 4 aliphatic carbocycles. The van der Waals surface area contributed by atoms with E-state index in [-0.39, 0.29) is 41.8 Å². The second-order valence-corrected chi connectivity index (χ2v) is 34.4. The third-order valence-corrected chi connectivity index (χ3v) is 24.2. The number of hydrogen-bond donors (Lipinski definition) is 4. The Bertz CT molecular complexity index is 5420. The van der Waals surface area contributed by atoms with Gasteiger partial charge in [0.05, 0.1) is 111 Å². The van der Waals surface area contributed by atoms with Gasteiger partial charge < -0.3 is 78.8 Å². The predicted molar refractivity (Wildman–Crippen MR) is 483 cm³/mol. The molecule has 31 nitrogen and oxygen atoms in total. The van der Waals surface area contributed by atoms with Crippen LogP contribution in [-0.2, 0) is 23.7 Å². The lowest BCUT2D eigenvalue weighted by molar-refractivity contribution is -0.129. The predicted octanol–water partition coefficient (Wildman–Crippen LogP) is 13.9. The Morgan fingerprint density at radius 2 is 0.680 bits per heavy atom. The number of pyridine rings is 1. The molecular formula is C94H116N22O9. The van der Waals surface area contributed by atoms with Gasteiger partial charge in [0.25, 0.3) is 0 Å². The van der Waals surface area contributed by atoms with E-state index in [0.717, 1.165) is 333 Å². The number of rotatable bonds is 19.